The van der Waals surface area contributed by atoms with Crippen molar-refractivity contribution in [3.8, 4) is 5.75 Å². The number of nitrogens with one attached hydrogen (secondary N) is 1. The zero-order chi connectivity index (χ0) is 16.0. The van der Waals surface area contributed by atoms with E-state index in [0.717, 1.165) is 24.8 Å². The predicted molar refractivity (Wildman–Crippen MR) is 82.9 cm³/mol. The molecule has 0 unspecified atom stereocenters. The van der Waals surface area contributed by atoms with Crippen LogP contribution in [0.3, 0.4) is 0 Å². The van der Waals surface area contributed by atoms with Gasteiger partial charge in [-0.25, -0.2) is 0 Å². The number of non-ortho nitro benzene ring substituents is 1. The lowest BCUT2D eigenvalue weighted by Crippen LogP contribution is -2.30. The molecule has 0 amide bonds. The highest BCUT2D eigenvalue weighted by atomic mass is 16.6. The van der Waals surface area contributed by atoms with Crippen molar-refractivity contribution in [1.29, 1.82) is 5.41 Å². The van der Waals surface area contributed by atoms with Crippen LogP contribution in [-0.2, 0) is 0 Å². The number of rotatable bonds is 8. The number of nitro groups is 1. The molecule has 0 radical (unpaired) electrons. The SMILES string of the molecule is Cc1cc([N+](=O)[O-])ccc1OCCCCC(C)(C)C(=N)N. The van der Waals surface area contributed by atoms with E-state index in [1.165, 1.54) is 12.1 Å². The van der Waals surface area contributed by atoms with E-state index in [1.807, 2.05) is 13.8 Å². The van der Waals surface area contributed by atoms with Gasteiger partial charge >= 0.3 is 0 Å². The molecule has 0 heterocycles. The molecule has 0 aliphatic carbocycles. The summed E-state index contributed by atoms with van der Waals surface area (Å²) in [7, 11) is 0. The van der Waals surface area contributed by atoms with E-state index in [-0.39, 0.29) is 16.9 Å². The molecule has 3 N–H and O–H groups in total. The molecule has 0 aliphatic heterocycles. The molecule has 0 bridgehead atoms. The van der Waals surface area contributed by atoms with Crippen LogP contribution in [0.15, 0.2) is 18.2 Å². The summed E-state index contributed by atoms with van der Waals surface area (Å²) in [5.41, 5.74) is 6.09. The molecule has 6 heteroatoms. The Balaban J connectivity index is 2.40. The Kier molecular flexibility index (Phi) is 5.69. The number of unbranched alkanes of at least 4 members (excludes halogenated alkanes) is 1. The highest BCUT2D eigenvalue weighted by molar-refractivity contribution is 5.82. The van der Waals surface area contributed by atoms with Crippen LogP contribution in [-0.4, -0.2) is 17.4 Å². The quantitative estimate of drug-likeness (QED) is 0.252. The lowest BCUT2D eigenvalue weighted by Gasteiger charge is -2.22. The van der Waals surface area contributed by atoms with Gasteiger partial charge in [0.15, 0.2) is 0 Å². The fourth-order valence-electron chi connectivity index (χ4n) is 1.89. The van der Waals surface area contributed by atoms with E-state index < -0.39 is 4.92 Å². The summed E-state index contributed by atoms with van der Waals surface area (Å²) in [5, 5.41) is 18.1. The third-order valence-electron chi connectivity index (χ3n) is 3.55. The van der Waals surface area contributed by atoms with E-state index in [1.54, 1.807) is 13.0 Å². The maximum absolute atomic E-state index is 10.6. The van der Waals surface area contributed by atoms with Crippen molar-refractivity contribution in [2.45, 2.75) is 40.0 Å². The second kappa shape index (κ2) is 7.06. The highest BCUT2D eigenvalue weighted by Crippen LogP contribution is 2.25. The Bertz CT molecular complexity index is 527. The summed E-state index contributed by atoms with van der Waals surface area (Å²) < 4.78 is 5.64. The number of aryl methyl sites for hydroxylation is 1. The minimum Gasteiger partial charge on any atom is -0.493 e. The molecular formula is C15H23N3O3. The second-order valence-corrected chi connectivity index (χ2v) is 5.81. The summed E-state index contributed by atoms with van der Waals surface area (Å²) in [6.45, 7) is 6.25. The molecule has 0 saturated carbocycles. The molecule has 6 nitrogen and oxygen atoms in total. The summed E-state index contributed by atoms with van der Waals surface area (Å²) >= 11 is 0. The molecule has 0 atom stereocenters. The molecule has 0 aliphatic rings. The molecule has 116 valence electrons. The zero-order valence-electron chi connectivity index (χ0n) is 12.8. The Morgan fingerprint density at radius 1 is 1.43 bits per heavy atom. The van der Waals surface area contributed by atoms with Crippen LogP contribution in [0.2, 0.25) is 0 Å². The van der Waals surface area contributed by atoms with Crippen molar-refractivity contribution in [2.24, 2.45) is 11.1 Å². The van der Waals surface area contributed by atoms with Crippen LogP contribution in [0, 0.1) is 27.9 Å². The van der Waals surface area contributed by atoms with Crippen molar-refractivity contribution in [3.63, 3.8) is 0 Å². The van der Waals surface area contributed by atoms with Gasteiger partial charge in [0, 0.05) is 17.5 Å². The average molecular weight is 293 g/mol. The normalized spacial score (nSPS) is 11.2. The third kappa shape index (κ3) is 5.06. The lowest BCUT2D eigenvalue weighted by molar-refractivity contribution is -0.384. The third-order valence-corrected chi connectivity index (χ3v) is 3.55. The summed E-state index contributed by atoms with van der Waals surface area (Å²) in [5.74, 6) is 0.876. The first-order valence-electron chi connectivity index (χ1n) is 6.96. The van der Waals surface area contributed by atoms with E-state index in [2.05, 4.69) is 0 Å². The van der Waals surface area contributed by atoms with E-state index >= 15 is 0 Å². The first kappa shape index (κ1) is 16.9. The Morgan fingerprint density at radius 2 is 2.10 bits per heavy atom. The van der Waals surface area contributed by atoms with Crippen LogP contribution in [0.1, 0.15) is 38.7 Å². The lowest BCUT2D eigenvalue weighted by atomic mass is 9.86. The minimum atomic E-state index is -0.416. The Labute approximate surface area is 125 Å². The maximum Gasteiger partial charge on any atom is 0.269 e. The van der Waals surface area contributed by atoms with E-state index in [9.17, 15) is 10.1 Å². The Morgan fingerprint density at radius 3 is 2.62 bits per heavy atom. The molecule has 1 rings (SSSR count). The van der Waals surface area contributed by atoms with Gasteiger partial charge in [0.1, 0.15) is 5.75 Å². The zero-order valence-corrected chi connectivity index (χ0v) is 12.8. The fraction of sp³-hybridized carbons (Fsp3) is 0.533. The van der Waals surface area contributed by atoms with Crippen LogP contribution in [0.25, 0.3) is 0 Å². The van der Waals surface area contributed by atoms with Crippen molar-refractivity contribution in [3.05, 3.63) is 33.9 Å². The first-order valence-corrected chi connectivity index (χ1v) is 6.96. The van der Waals surface area contributed by atoms with Crippen molar-refractivity contribution < 1.29 is 9.66 Å². The van der Waals surface area contributed by atoms with E-state index in [4.69, 9.17) is 15.9 Å². The molecule has 0 spiro atoms. The van der Waals surface area contributed by atoms with Crippen molar-refractivity contribution in [2.75, 3.05) is 6.61 Å². The number of amidine groups is 1. The van der Waals surface area contributed by atoms with E-state index in [0.29, 0.717) is 12.4 Å². The smallest absolute Gasteiger partial charge is 0.269 e. The van der Waals surface area contributed by atoms with Gasteiger partial charge in [-0.15, -0.1) is 0 Å². The molecule has 21 heavy (non-hydrogen) atoms. The highest BCUT2D eigenvalue weighted by Gasteiger charge is 2.20. The molecule has 0 aromatic heterocycles. The van der Waals surface area contributed by atoms with Crippen LogP contribution in [0.5, 0.6) is 5.75 Å². The number of benzene rings is 1. The monoisotopic (exact) mass is 293 g/mol. The summed E-state index contributed by atoms with van der Waals surface area (Å²) in [4.78, 5) is 10.2. The molecule has 0 fully saturated rings. The van der Waals surface area contributed by atoms with Gasteiger partial charge in [-0.1, -0.05) is 13.8 Å². The molecule has 1 aromatic carbocycles. The fourth-order valence-corrected chi connectivity index (χ4v) is 1.89. The van der Waals surface area contributed by atoms with Gasteiger partial charge in [0.2, 0.25) is 0 Å². The number of nitrogens with two attached hydrogens (primary N) is 1. The number of hydrogen-bond acceptors (Lipinski definition) is 4. The Hall–Kier alpha value is -2.11. The average Bonchev–Trinajstić information content (AvgIpc) is 2.39. The first-order chi connectivity index (χ1) is 9.74. The van der Waals surface area contributed by atoms with Crippen LogP contribution >= 0.6 is 0 Å². The van der Waals surface area contributed by atoms with Gasteiger partial charge < -0.3 is 10.5 Å². The summed E-state index contributed by atoms with van der Waals surface area (Å²) in [6.07, 6.45) is 2.61. The molecular weight excluding hydrogens is 270 g/mol. The standard InChI is InChI=1S/C15H23N3O3/c1-11-10-12(18(19)20)6-7-13(11)21-9-5-4-8-15(2,3)14(16)17/h6-7,10H,4-5,8-9H2,1-3H3,(H3,16,17). The van der Waals surface area contributed by atoms with Crippen LogP contribution in [0.4, 0.5) is 5.69 Å². The number of nitro benzene ring substituents is 1. The van der Waals surface area contributed by atoms with Crippen LogP contribution < -0.4 is 10.5 Å². The van der Waals surface area contributed by atoms with Crippen molar-refractivity contribution in [1.82, 2.24) is 0 Å². The van der Waals surface area contributed by atoms with Gasteiger partial charge in [-0.3, -0.25) is 15.5 Å². The molecule has 0 saturated heterocycles. The number of hydrogen-bond donors (Lipinski definition) is 2. The minimum absolute atomic E-state index is 0.0723. The predicted octanol–water partition coefficient (Wildman–Crippen LogP) is 3.41. The second-order valence-electron chi connectivity index (χ2n) is 5.81. The summed E-state index contributed by atoms with van der Waals surface area (Å²) in [6, 6.07) is 4.59. The van der Waals surface area contributed by atoms with Gasteiger partial charge in [0.25, 0.3) is 5.69 Å². The number of nitrogens with zero attached hydrogens (tertiary/aromatic N) is 1. The molecule has 1 aromatic rings. The van der Waals surface area contributed by atoms with Gasteiger partial charge in [0.05, 0.1) is 17.4 Å². The van der Waals surface area contributed by atoms with Crippen molar-refractivity contribution >= 4 is 11.5 Å². The topological polar surface area (TPSA) is 102 Å². The number of ether oxygens (including phenoxy) is 1. The van der Waals surface area contributed by atoms with Gasteiger partial charge in [-0.05, 0) is 37.8 Å². The van der Waals surface area contributed by atoms with Gasteiger partial charge in [-0.2, -0.15) is 0 Å². The maximum atomic E-state index is 10.6. The largest absolute Gasteiger partial charge is 0.493 e.